The third kappa shape index (κ3) is 5.83. The number of nitrogens with one attached hydrogen (secondary N) is 1. The lowest BCUT2D eigenvalue weighted by Gasteiger charge is -2.45. The van der Waals surface area contributed by atoms with E-state index in [1.54, 1.807) is 18.2 Å². The highest BCUT2D eigenvalue weighted by atomic mass is 35.5. The topological polar surface area (TPSA) is 95.9 Å². The van der Waals surface area contributed by atoms with Crippen LogP contribution in [0.5, 0.6) is 5.75 Å². The van der Waals surface area contributed by atoms with Gasteiger partial charge in [0.15, 0.2) is 0 Å². The number of allylic oxidation sites excluding steroid dienone is 1. The predicted molar refractivity (Wildman–Crippen MR) is 170 cm³/mol. The Morgan fingerprint density at radius 1 is 1.16 bits per heavy atom. The molecule has 1 saturated carbocycles. The first kappa shape index (κ1) is 30.5. The fraction of sp³-hybridized carbons (Fsp3) is 0.559. The van der Waals surface area contributed by atoms with Crippen LogP contribution < -0.4 is 14.4 Å². The van der Waals surface area contributed by atoms with Crippen LogP contribution in [-0.4, -0.2) is 50.5 Å². The lowest BCUT2D eigenvalue weighted by molar-refractivity contribution is 0.0455. The molecular formula is C34H43ClN2O5S. The van der Waals surface area contributed by atoms with Crippen LogP contribution in [0, 0.1) is 23.7 Å². The quantitative estimate of drug-likeness (QED) is 0.384. The number of ether oxygens (including phenoxy) is 1. The summed E-state index contributed by atoms with van der Waals surface area (Å²) in [6.07, 6.45) is 8.61. The zero-order chi connectivity index (χ0) is 30.5. The Labute approximate surface area is 260 Å². The maximum atomic E-state index is 13.6. The van der Waals surface area contributed by atoms with Gasteiger partial charge in [0.05, 0.1) is 23.6 Å². The first-order valence-electron chi connectivity index (χ1n) is 15.7. The number of halogens is 1. The van der Waals surface area contributed by atoms with Gasteiger partial charge in [-0.15, -0.1) is 0 Å². The van der Waals surface area contributed by atoms with Crippen LogP contribution in [0.3, 0.4) is 0 Å². The number of aliphatic hydroxyl groups is 1. The van der Waals surface area contributed by atoms with Gasteiger partial charge in [0.25, 0.3) is 5.91 Å². The molecule has 2 aromatic carbocycles. The normalized spacial score (nSPS) is 32.9. The number of anilines is 1. The minimum atomic E-state index is -3.97. The Hall–Kier alpha value is -2.55. The summed E-state index contributed by atoms with van der Waals surface area (Å²) in [5.41, 5.74) is 3.33. The van der Waals surface area contributed by atoms with E-state index >= 15 is 0 Å². The lowest BCUT2D eigenvalue weighted by atomic mass is 9.68. The van der Waals surface area contributed by atoms with E-state index in [0.717, 1.165) is 42.8 Å². The van der Waals surface area contributed by atoms with Crippen molar-refractivity contribution >= 4 is 33.2 Å². The largest absolute Gasteiger partial charge is 0.490 e. The van der Waals surface area contributed by atoms with Crippen LogP contribution >= 0.6 is 11.6 Å². The molecule has 43 heavy (non-hydrogen) atoms. The molecule has 4 aliphatic rings. The van der Waals surface area contributed by atoms with Crippen molar-refractivity contribution in [1.82, 2.24) is 4.72 Å². The van der Waals surface area contributed by atoms with E-state index in [-0.39, 0.29) is 34.7 Å². The molecule has 1 spiro atoms. The van der Waals surface area contributed by atoms with Crippen molar-refractivity contribution in [2.75, 3.05) is 24.6 Å². The molecule has 0 saturated heterocycles. The van der Waals surface area contributed by atoms with E-state index in [0.29, 0.717) is 31.9 Å². The van der Waals surface area contributed by atoms with Crippen molar-refractivity contribution in [3.8, 4) is 5.75 Å². The number of fused-ring (bicyclic) bond motifs is 4. The molecule has 0 radical (unpaired) electrons. The smallest absolute Gasteiger partial charge is 0.264 e. The first-order valence-corrected chi connectivity index (χ1v) is 17.6. The number of rotatable bonds is 1. The number of nitrogens with zero attached hydrogens (tertiary/aromatic N) is 1. The van der Waals surface area contributed by atoms with E-state index in [4.69, 9.17) is 16.3 Å². The standard InChI is InChI=1S/C34H43ClN2O5S/c1-21(2)32-22(3)6-4-8-30(38)27-12-9-25(27)18-37-19-34(15-5-7-23-16-26(35)11-13-28(23)34)20-42-31-14-10-24(17-29(31)37)33(39)36-43(32,40)41/h4,8,10-11,13-14,16-17,21-22,25,27,30,32,38H,5-7,9,12,15,18-20H2,1-3H3,(H,36,39)/b8-4+/t22-,25+,27-,30+,32-,34+/m1/s1. The summed E-state index contributed by atoms with van der Waals surface area (Å²) >= 11 is 6.39. The zero-order valence-electron chi connectivity index (χ0n) is 25.3. The average Bonchev–Trinajstić information content (AvgIpc) is 3.07. The van der Waals surface area contributed by atoms with Crippen LogP contribution in [0.2, 0.25) is 5.02 Å². The second kappa shape index (κ2) is 11.8. The number of hydrogen-bond acceptors (Lipinski definition) is 6. The molecule has 9 heteroatoms. The highest BCUT2D eigenvalue weighted by Crippen LogP contribution is 2.46. The van der Waals surface area contributed by atoms with Crippen molar-refractivity contribution in [1.29, 1.82) is 0 Å². The third-order valence-corrected chi connectivity index (χ3v) is 12.8. The number of aryl methyl sites for hydroxylation is 1. The van der Waals surface area contributed by atoms with Crippen LogP contribution in [0.1, 0.15) is 74.4 Å². The van der Waals surface area contributed by atoms with E-state index < -0.39 is 27.3 Å². The second-order valence-electron chi connectivity index (χ2n) is 13.6. The number of benzene rings is 2. The number of aliphatic hydroxyl groups excluding tert-OH is 1. The monoisotopic (exact) mass is 626 g/mol. The molecule has 1 amide bonds. The molecule has 6 rings (SSSR count). The maximum absolute atomic E-state index is 13.6. The van der Waals surface area contributed by atoms with Gasteiger partial charge in [0.1, 0.15) is 5.75 Å². The third-order valence-electron chi connectivity index (χ3n) is 10.3. The average molecular weight is 627 g/mol. The van der Waals surface area contributed by atoms with Crippen molar-refractivity contribution in [2.24, 2.45) is 23.7 Å². The number of amides is 1. The van der Waals surface area contributed by atoms with Gasteiger partial charge in [-0.05, 0) is 104 Å². The fourth-order valence-corrected chi connectivity index (χ4v) is 10.2. The number of sulfonamides is 1. The van der Waals surface area contributed by atoms with E-state index in [1.807, 2.05) is 39.0 Å². The van der Waals surface area contributed by atoms with E-state index in [1.165, 1.54) is 11.1 Å². The number of carbonyl (C=O) groups excluding carboxylic acids is 1. The van der Waals surface area contributed by atoms with Crippen LogP contribution in [0.15, 0.2) is 48.6 Å². The van der Waals surface area contributed by atoms with Gasteiger partial charge < -0.3 is 14.7 Å². The van der Waals surface area contributed by atoms with Crippen LogP contribution in [0.25, 0.3) is 0 Å². The van der Waals surface area contributed by atoms with Crippen molar-refractivity contribution in [3.63, 3.8) is 0 Å². The lowest BCUT2D eigenvalue weighted by Crippen LogP contribution is -2.49. The second-order valence-corrected chi connectivity index (χ2v) is 15.9. The molecule has 0 aromatic heterocycles. The Morgan fingerprint density at radius 2 is 1.98 bits per heavy atom. The highest BCUT2D eigenvalue weighted by Gasteiger charge is 2.44. The van der Waals surface area contributed by atoms with Crippen LogP contribution in [-0.2, 0) is 21.9 Å². The van der Waals surface area contributed by atoms with Gasteiger partial charge in [-0.3, -0.25) is 4.79 Å². The summed E-state index contributed by atoms with van der Waals surface area (Å²) < 4.78 is 36.1. The molecule has 2 N–H and O–H groups in total. The maximum Gasteiger partial charge on any atom is 0.264 e. The van der Waals surface area contributed by atoms with E-state index in [2.05, 4.69) is 21.8 Å². The molecule has 0 unspecified atom stereocenters. The van der Waals surface area contributed by atoms with Gasteiger partial charge in [-0.1, -0.05) is 50.6 Å². The van der Waals surface area contributed by atoms with Gasteiger partial charge >= 0.3 is 0 Å². The molecule has 1 fully saturated rings. The van der Waals surface area contributed by atoms with Gasteiger partial charge in [0, 0.05) is 29.1 Å². The minimum absolute atomic E-state index is 0.122. The molecule has 7 nitrogen and oxygen atoms in total. The molecule has 2 aromatic rings. The molecule has 2 bridgehead atoms. The van der Waals surface area contributed by atoms with Gasteiger partial charge in [-0.2, -0.15) is 0 Å². The van der Waals surface area contributed by atoms with Gasteiger partial charge in [0.2, 0.25) is 10.0 Å². The fourth-order valence-electron chi connectivity index (χ4n) is 8.10. The summed E-state index contributed by atoms with van der Waals surface area (Å²) in [4.78, 5) is 15.9. The molecule has 2 aliphatic heterocycles. The Bertz CT molecular complexity index is 1520. The molecule has 2 aliphatic carbocycles. The summed E-state index contributed by atoms with van der Waals surface area (Å²) in [5, 5.41) is 11.2. The molecule has 6 atom stereocenters. The number of hydrogen-bond donors (Lipinski definition) is 2. The first-order chi connectivity index (χ1) is 20.5. The molecule has 2 heterocycles. The Morgan fingerprint density at radius 3 is 2.72 bits per heavy atom. The van der Waals surface area contributed by atoms with Gasteiger partial charge in [-0.25, -0.2) is 13.1 Å². The summed E-state index contributed by atoms with van der Waals surface area (Å²) in [7, 11) is -3.97. The highest BCUT2D eigenvalue weighted by molar-refractivity contribution is 7.90. The van der Waals surface area contributed by atoms with Crippen molar-refractivity contribution in [3.05, 3.63) is 70.3 Å². The number of carbonyl (C=O) groups is 1. The SMILES string of the molecule is CC(C)[C@@H]1[C@H](C)C/C=C/[C@H](O)[C@@H]2CC[C@H]2CN2C[C@@]3(CCCc4cc(Cl)ccc43)COc3ccc(cc32)C(=O)NS1(=O)=O. The Kier molecular flexibility index (Phi) is 8.33. The van der Waals surface area contributed by atoms with Crippen molar-refractivity contribution in [2.45, 2.75) is 76.1 Å². The van der Waals surface area contributed by atoms with E-state index in [9.17, 15) is 18.3 Å². The predicted octanol–water partition coefficient (Wildman–Crippen LogP) is 5.88. The minimum Gasteiger partial charge on any atom is -0.490 e. The molecular weight excluding hydrogens is 584 g/mol. The van der Waals surface area contributed by atoms with Crippen LogP contribution in [0.4, 0.5) is 5.69 Å². The zero-order valence-corrected chi connectivity index (χ0v) is 26.8. The summed E-state index contributed by atoms with van der Waals surface area (Å²) in [5.74, 6) is 0.0209. The Balaban J connectivity index is 1.43. The summed E-state index contributed by atoms with van der Waals surface area (Å²) in [6, 6.07) is 11.4. The van der Waals surface area contributed by atoms with Crippen molar-refractivity contribution < 1.29 is 23.1 Å². The molecule has 232 valence electrons. The summed E-state index contributed by atoms with van der Waals surface area (Å²) in [6.45, 7) is 7.53.